The number of nitrogens with two attached hydrogens (primary N) is 1. The normalized spacial score (nSPS) is 12.3. The third-order valence-corrected chi connectivity index (χ3v) is 2.21. The summed E-state index contributed by atoms with van der Waals surface area (Å²) in [5.74, 6) is -7.16. The zero-order valence-corrected chi connectivity index (χ0v) is 9.47. The van der Waals surface area contributed by atoms with E-state index in [1.807, 2.05) is 0 Å². The van der Waals surface area contributed by atoms with Gasteiger partial charge in [0.25, 0.3) is 0 Å². The topological polar surface area (TPSA) is 52.3 Å². The van der Waals surface area contributed by atoms with Gasteiger partial charge >= 0.3 is 5.97 Å². The first-order valence-corrected chi connectivity index (χ1v) is 5.12. The lowest BCUT2D eigenvalue weighted by Crippen LogP contribution is -2.21. The molecule has 0 unspecified atom stereocenters. The van der Waals surface area contributed by atoms with Gasteiger partial charge in [0, 0.05) is 17.7 Å². The van der Waals surface area contributed by atoms with Crippen molar-refractivity contribution in [1.82, 2.24) is 0 Å². The van der Waals surface area contributed by atoms with Gasteiger partial charge in [-0.3, -0.25) is 4.79 Å². The number of carbonyl (C=O) groups excluding carboxylic acids is 1. The van der Waals surface area contributed by atoms with Gasteiger partial charge in [0.2, 0.25) is 0 Å². The molecular formula is C11H11F4NO2. The number of halogens is 4. The van der Waals surface area contributed by atoms with Crippen molar-refractivity contribution in [3.8, 4) is 0 Å². The van der Waals surface area contributed by atoms with Crippen LogP contribution in [-0.4, -0.2) is 12.6 Å². The SMILES string of the molecule is CCOC(=O)C[C@@H](N)c1c(F)c(F)cc(F)c1F. The Balaban J connectivity index is 3.05. The predicted molar refractivity (Wildman–Crippen MR) is 54.5 cm³/mol. The first kappa shape index (κ1) is 14.4. The molecular weight excluding hydrogens is 254 g/mol. The molecule has 2 N–H and O–H groups in total. The van der Waals surface area contributed by atoms with Crippen LogP contribution in [-0.2, 0) is 9.53 Å². The minimum Gasteiger partial charge on any atom is -0.466 e. The number of hydrogen-bond acceptors (Lipinski definition) is 3. The predicted octanol–water partition coefficient (Wildman–Crippen LogP) is 2.20. The summed E-state index contributed by atoms with van der Waals surface area (Å²) in [6.07, 6.45) is -0.579. The van der Waals surface area contributed by atoms with Crippen molar-refractivity contribution in [2.24, 2.45) is 5.73 Å². The minimum absolute atomic E-state index is 0.0635. The molecule has 1 atom stereocenters. The molecule has 1 aromatic carbocycles. The van der Waals surface area contributed by atoms with E-state index in [9.17, 15) is 22.4 Å². The molecule has 0 bridgehead atoms. The molecule has 0 spiro atoms. The summed E-state index contributed by atoms with van der Waals surface area (Å²) in [5, 5.41) is 0. The van der Waals surface area contributed by atoms with Crippen molar-refractivity contribution in [3.63, 3.8) is 0 Å². The average molecular weight is 265 g/mol. The Hall–Kier alpha value is -1.63. The molecule has 0 fully saturated rings. The summed E-state index contributed by atoms with van der Waals surface area (Å²) in [4.78, 5) is 11.1. The van der Waals surface area contributed by atoms with Gasteiger partial charge in [-0.2, -0.15) is 0 Å². The van der Waals surface area contributed by atoms with E-state index in [2.05, 4.69) is 4.74 Å². The summed E-state index contributed by atoms with van der Waals surface area (Å²) >= 11 is 0. The van der Waals surface area contributed by atoms with E-state index in [0.29, 0.717) is 0 Å². The van der Waals surface area contributed by atoms with E-state index in [1.54, 1.807) is 0 Å². The number of rotatable bonds is 4. The third kappa shape index (κ3) is 2.98. The monoisotopic (exact) mass is 265 g/mol. The van der Waals surface area contributed by atoms with Crippen LogP contribution >= 0.6 is 0 Å². The molecule has 3 nitrogen and oxygen atoms in total. The summed E-state index contributed by atoms with van der Waals surface area (Å²) in [5.41, 5.74) is 4.35. The van der Waals surface area contributed by atoms with E-state index in [0.717, 1.165) is 0 Å². The molecule has 0 aliphatic rings. The van der Waals surface area contributed by atoms with Gasteiger partial charge in [0.1, 0.15) is 0 Å². The molecule has 0 aromatic heterocycles. The van der Waals surface area contributed by atoms with Crippen LogP contribution in [0.1, 0.15) is 24.9 Å². The van der Waals surface area contributed by atoms with Crippen molar-refractivity contribution in [2.45, 2.75) is 19.4 Å². The maximum absolute atomic E-state index is 13.3. The molecule has 0 saturated heterocycles. The van der Waals surface area contributed by atoms with E-state index in [-0.39, 0.29) is 12.7 Å². The lowest BCUT2D eigenvalue weighted by molar-refractivity contribution is -0.143. The van der Waals surface area contributed by atoms with Crippen LogP contribution in [0.15, 0.2) is 6.07 Å². The molecule has 0 amide bonds. The lowest BCUT2D eigenvalue weighted by Gasteiger charge is -2.14. The highest BCUT2D eigenvalue weighted by atomic mass is 19.2. The number of carbonyl (C=O) groups is 1. The first-order valence-electron chi connectivity index (χ1n) is 5.12. The van der Waals surface area contributed by atoms with Gasteiger partial charge in [-0.05, 0) is 6.92 Å². The molecule has 1 rings (SSSR count). The second-order valence-electron chi connectivity index (χ2n) is 3.50. The van der Waals surface area contributed by atoms with E-state index in [4.69, 9.17) is 5.73 Å². The van der Waals surface area contributed by atoms with Crippen LogP contribution in [0.25, 0.3) is 0 Å². The van der Waals surface area contributed by atoms with Gasteiger partial charge in [-0.15, -0.1) is 0 Å². The van der Waals surface area contributed by atoms with E-state index < -0.39 is 47.3 Å². The molecule has 1 aromatic rings. The summed E-state index contributed by atoms with van der Waals surface area (Å²) in [6.45, 7) is 1.60. The number of esters is 1. The fourth-order valence-corrected chi connectivity index (χ4v) is 1.42. The summed E-state index contributed by atoms with van der Waals surface area (Å²) in [7, 11) is 0. The van der Waals surface area contributed by atoms with Crippen molar-refractivity contribution in [2.75, 3.05) is 6.61 Å². The van der Waals surface area contributed by atoms with Crippen molar-refractivity contribution in [1.29, 1.82) is 0 Å². The highest BCUT2D eigenvalue weighted by Gasteiger charge is 2.25. The fourth-order valence-electron chi connectivity index (χ4n) is 1.42. The van der Waals surface area contributed by atoms with Gasteiger partial charge in [-0.1, -0.05) is 0 Å². The van der Waals surface area contributed by atoms with Crippen LogP contribution in [0.4, 0.5) is 17.6 Å². The lowest BCUT2D eigenvalue weighted by atomic mass is 10.0. The Morgan fingerprint density at radius 1 is 1.28 bits per heavy atom. The quantitative estimate of drug-likeness (QED) is 0.516. The van der Waals surface area contributed by atoms with E-state index >= 15 is 0 Å². The van der Waals surface area contributed by atoms with Crippen LogP contribution in [0.2, 0.25) is 0 Å². The van der Waals surface area contributed by atoms with Gasteiger partial charge < -0.3 is 10.5 Å². The van der Waals surface area contributed by atoms with E-state index in [1.165, 1.54) is 6.92 Å². The molecule has 0 heterocycles. The second-order valence-corrected chi connectivity index (χ2v) is 3.50. The first-order chi connectivity index (χ1) is 8.38. The largest absolute Gasteiger partial charge is 0.466 e. The standard InChI is InChI=1S/C11H11F4NO2/c1-2-18-8(17)4-7(16)9-10(14)5(12)3-6(13)11(9)15/h3,7H,2,4,16H2,1H3/t7-/m1/s1. The Bertz CT molecular complexity index is 439. The van der Waals surface area contributed by atoms with Crippen molar-refractivity contribution >= 4 is 5.97 Å². The molecule has 100 valence electrons. The Morgan fingerprint density at radius 2 is 1.78 bits per heavy atom. The molecule has 0 aliphatic carbocycles. The van der Waals surface area contributed by atoms with Crippen LogP contribution in [0, 0.1) is 23.3 Å². The van der Waals surface area contributed by atoms with Crippen LogP contribution in [0.5, 0.6) is 0 Å². The summed E-state index contributed by atoms with van der Waals surface area (Å²) < 4.78 is 57.0. The van der Waals surface area contributed by atoms with Gasteiger partial charge in [0.15, 0.2) is 23.3 Å². The smallest absolute Gasteiger partial charge is 0.307 e. The number of benzene rings is 1. The van der Waals surface area contributed by atoms with Crippen LogP contribution < -0.4 is 5.73 Å². The highest BCUT2D eigenvalue weighted by Crippen LogP contribution is 2.25. The maximum Gasteiger partial charge on any atom is 0.307 e. The molecule has 0 radical (unpaired) electrons. The Morgan fingerprint density at radius 3 is 2.22 bits per heavy atom. The van der Waals surface area contributed by atoms with Crippen molar-refractivity contribution < 1.29 is 27.1 Å². The Labute approximate surface area is 101 Å². The van der Waals surface area contributed by atoms with Crippen molar-refractivity contribution in [3.05, 3.63) is 34.9 Å². The highest BCUT2D eigenvalue weighted by molar-refractivity contribution is 5.70. The minimum atomic E-state index is -1.61. The second kappa shape index (κ2) is 5.81. The molecule has 0 saturated carbocycles. The molecule has 7 heteroatoms. The van der Waals surface area contributed by atoms with Crippen LogP contribution in [0.3, 0.4) is 0 Å². The zero-order chi connectivity index (χ0) is 13.9. The third-order valence-electron chi connectivity index (χ3n) is 2.21. The molecule has 0 aliphatic heterocycles. The summed E-state index contributed by atoms with van der Waals surface area (Å²) in [6, 6.07) is -1.44. The number of hydrogen-bond donors (Lipinski definition) is 1. The average Bonchev–Trinajstić information content (AvgIpc) is 2.27. The molecule has 18 heavy (non-hydrogen) atoms. The maximum atomic E-state index is 13.3. The Kier molecular flexibility index (Phi) is 4.66. The van der Waals surface area contributed by atoms with Gasteiger partial charge in [-0.25, -0.2) is 17.6 Å². The van der Waals surface area contributed by atoms with Gasteiger partial charge in [0.05, 0.1) is 13.0 Å². The fraction of sp³-hybridized carbons (Fsp3) is 0.364. The number of ether oxygens (including phenoxy) is 1. The zero-order valence-electron chi connectivity index (χ0n) is 9.47.